The number of aromatic nitrogens is 4. The Kier molecular flexibility index (Phi) is 6.29. The van der Waals surface area contributed by atoms with Crippen molar-refractivity contribution in [1.29, 1.82) is 0 Å². The SMILES string of the molecule is O=C(O)c1ccc[n+](-c2ncnc(Nc3ccc(N=Nc4ccc(S(=O)(=O)O)cc4)cc3)n2)c1. The predicted molar refractivity (Wildman–Crippen MR) is 118 cm³/mol. The minimum atomic E-state index is -4.26. The van der Waals surface area contributed by atoms with E-state index < -0.39 is 16.1 Å². The Bertz CT molecular complexity index is 1470. The van der Waals surface area contributed by atoms with Gasteiger partial charge in [0.05, 0.1) is 34.2 Å². The summed E-state index contributed by atoms with van der Waals surface area (Å²) in [4.78, 5) is 23.4. The first-order valence-corrected chi connectivity index (χ1v) is 11.0. The number of aromatic carboxylic acids is 1. The van der Waals surface area contributed by atoms with E-state index in [1.807, 2.05) is 0 Å². The molecule has 12 nitrogen and oxygen atoms in total. The average molecular weight is 478 g/mol. The normalized spacial score (nSPS) is 11.4. The van der Waals surface area contributed by atoms with E-state index in [2.05, 4.69) is 30.5 Å². The van der Waals surface area contributed by atoms with E-state index in [9.17, 15) is 13.2 Å². The number of anilines is 2. The Balaban J connectivity index is 1.45. The summed E-state index contributed by atoms with van der Waals surface area (Å²) in [6, 6.07) is 15.2. The highest BCUT2D eigenvalue weighted by molar-refractivity contribution is 7.85. The third kappa shape index (κ3) is 5.59. The molecule has 0 aliphatic rings. The molecule has 0 bridgehead atoms. The van der Waals surface area contributed by atoms with Gasteiger partial charge >= 0.3 is 17.9 Å². The van der Waals surface area contributed by atoms with Gasteiger partial charge in [0, 0.05) is 5.69 Å². The molecule has 13 heteroatoms. The Morgan fingerprint density at radius 2 is 1.59 bits per heavy atom. The van der Waals surface area contributed by atoms with Crippen molar-refractivity contribution in [3.05, 3.63) is 84.9 Å². The number of nitrogens with zero attached hydrogens (tertiary/aromatic N) is 6. The standard InChI is InChI=1S/C21H15N7O5S/c29-19(30)14-2-1-11-28(12-14)21-23-13-22-20(25-21)24-15-3-5-16(6-4-15)26-27-17-7-9-18(10-8-17)34(31,32)33/h1-13H,(H2-,22,23,24,25,27,29,30,31,32,33)/p+1. The maximum atomic E-state index is 11.2. The summed E-state index contributed by atoms with van der Waals surface area (Å²) in [7, 11) is -4.26. The Morgan fingerprint density at radius 3 is 2.21 bits per heavy atom. The fourth-order valence-corrected chi connectivity index (χ4v) is 3.22. The van der Waals surface area contributed by atoms with Gasteiger partial charge in [0.2, 0.25) is 6.33 Å². The quantitative estimate of drug-likeness (QED) is 0.205. The predicted octanol–water partition coefficient (Wildman–Crippen LogP) is 3.25. The van der Waals surface area contributed by atoms with E-state index in [1.54, 1.807) is 36.5 Å². The molecule has 2 heterocycles. The number of carboxylic acids is 1. The van der Waals surface area contributed by atoms with Crippen LogP contribution in [-0.2, 0) is 10.1 Å². The lowest BCUT2D eigenvalue weighted by molar-refractivity contribution is -0.603. The second-order valence-corrected chi connectivity index (χ2v) is 8.18. The molecule has 2 aromatic carbocycles. The number of rotatable bonds is 7. The Morgan fingerprint density at radius 1 is 0.941 bits per heavy atom. The van der Waals surface area contributed by atoms with Gasteiger partial charge in [-0.05, 0) is 65.6 Å². The van der Waals surface area contributed by atoms with E-state index in [0.29, 0.717) is 17.1 Å². The van der Waals surface area contributed by atoms with Crippen LogP contribution in [0.5, 0.6) is 0 Å². The summed E-state index contributed by atoms with van der Waals surface area (Å²) in [5.74, 6) is -0.563. The Labute approximate surface area is 193 Å². The molecule has 34 heavy (non-hydrogen) atoms. The summed E-state index contributed by atoms with van der Waals surface area (Å²) in [6.45, 7) is 0. The van der Waals surface area contributed by atoms with Crippen LogP contribution < -0.4 is 9.88 Å². The number of hydrogen-bond donors (Lipinski definition) is 3. The third-order valence-electron chi connectivity index (χ3n) is 4.38. The lowest BCUT2D eigenvalue weighted by atomic mass is 10.3. The zero-order chi connectivity index (χ0) is 24.1. The summed E-state index contributed by atoms with van der Waals surface area (Å²) in [5, 5.41) is 20.3. The van der Waals surface area contributed by atoms with Gasteiger partial charge in [-0.15, -0.1) is 0 Å². The van der Waals surface area contributed by atoms with Crippen molar-refractivity contribution in [3.63, 3.8) is 0 Å². The van der Waals surface area contributed by atoms with Crippen LogP contribution >= 0.6 is 0 Å². The molecule has 0 amide bonds. The van der Waals surface area contributed by atoms with Crippen molar-refractivity contribution in [1.82, 2.24) is 15.0 Å². The molecule has 3 N–H and O–H groups in total. The van der Waals surface area contributed by atoms with Gasteiger partial charge < -0.3 is 10.4 Å². The molecule has 0 atom stereocenters. The molecule has 4 aromatic rings. The van der Waals surface area contributed by atoms with E-state index >= 15 is 0 Å². The monoisotopic (exact) mass is 478 g/mol. The molecule has 0 unspecified atom stereocenters. The molecule has 0 aliphatic heterocycles. The van der Waals surface area contributed by atoms with Gasteiger partial charge in [0.15, 0.2) is 0 Å². The maximum absolute atomic E-state index is 11.2. The van der Waals surface area contributed by atoms with E-state index in [0.717, 1.165) is 0 Å². The topological polar surface area (TPSA) is 171 Å². The van der Waals surface area contributed by atoms with Gasteiger partial charge in [-0.1, -0.05) is 4.98 Å². The number of pyridine rings is 1. The van der Waals surface area contributed by atoms with Crippen LogP contribution in [0.2, 0.25) is 0 Å². The summed E-state index contributed by atoms with van der Waals surface area (Å²) < 4.78 is 32.6. The van der Waals surface area contributed by atoms with Gasteiger partial charge in [-0.3, -0.25) is 4.55 Å². The fourth-order valence-electron chi connectivity index (χ4n) is 2.74. The molecule has 0 saturated carbocycles. The Hall–Kier alpha value is -4.62. The van der Waals surface area contributed by atoms with Crippen molar-refractivity contribution in [3.8, 4) is 5.95 Å². The zero-order valence-corrected chi connectivity index (χ0v) is 18.0. The van der Waals surface area contributed by atoms with Crippen LogP contribution in [-0.4, -0.2) is 39.0 Å². The highest BCUT2D eigenvalue weighted by Gasteiger charge is 2.15. The molecule has 0 fully saturated rings. The van der Waals surface area contributed by atoms with E-state index in [-0.39, 0.29) is 22.4 Å². The number of carboxylic acid groups (broad SMARTS) is 1. The smallest absolute Gasteiger partial charge is 0.442 e. The van der Waals surface area contributed by atoms with Gasteiger partial charge in [-0.2, -0.15) is 23.6 Å². The first kappa shape index (κ1) is 22.6. The molecule has 0 aliphatic carbocycles. The van der Waals surface area contributed by atoms with Crippen molar-refractivity contribution in [2.24, 2.45) is 10.2 Å². The van der Waals surface area contributed by atoms with Crippen LogP contribution in [0.3, 0.4) is 0 Å². The summed E-state index contributed by atoms with van der Waals surface area (Å²) >= 11 is 0. The number of hydrogen-bond acceptors (Lipinski definition) is 9. The number of benzene rings is 2. The van der Waals surface area contributed by atoms with Gasteiger partial charge in [0.1, 0.15) is 0 Å². The van der Waals surface area contributed by atoms with Crippen LogP contribution in [0, 0.1) is 0 Å². The minimum Gasteiger partial charge on any atom is -0.478 e. The first-order valence-electron chi connectivity index (χ1n) is 9.58. The van der Waals surface area contributed by atoms with Crippen LogP contribution in [0.1, 0.15) is 10.4 Å². The molecular formula is C21H16N7O5S+. The molecule has 0 saturated heterocycles. The molecule has 4 rings (SSSR count). The average Bonchev–Trinajstić information content (AvgIpc) is 2.83. The lowest BCUT2D eigenvalue weighted by Crippen LogP contribution is -2.33. The van der Waals surface area contributed by atoms with Crippen molar-refractivity contribution in [2.45, 2.75) is 4.90 Å². The second-order valence-electron chi connectivity index (χ2n) is 6.75. The number of carbonyl (C=O) groups is 1. The van der Waals surface area contributed by atoms with Crippen molar-refractivity contribution in [2.75, 3.05) is 5.32 Å². The minimum absolute atomic E-state index is 0.0940. The van der Waals surface area contributed by atoms with E-state index in [1.165, 1.54) is 47.4 Å². The van der Waals surface area contributed by atoms with Gasteiger partial charge in [-0.25, -0.2) is 9.36 Å². The highest BCUT2D eigenvalue weighted by atomic mass is 32.2. The molecule has 2 aromatic heterocycles. The summed E-state index contributed by atoms with van der Waals surface area (Å²) in [5.41, 5.74) is 1.72. The fraction of sp³-hybridized carbons (Fsp3) is 0. The second kappa shape index (κ2) is 9.48. The van der Waals surface area contributed by atoms with Crippen molar-refractivity contribution >= 4 is 39.1 Å². The van der Waals surface area contributed by atoms with Gasteiger partial charge in [0.25, 0.3) is 10.1 Å². The first-order chi connectivity index (χ1) is 16.3. The largest absolute Gasteiger partial charge is 0.478 e. The van der Waals surface area contributed by atoms with E-state index in [4.69, 9.17) is 9.66 Å². The molecular weight excluding hydrogens is 462 g/mol. The third-order valence-corrected chi connectivity index (χ3v) is 5.24. The van der Waals surface area contributed by atoms with Crippen LogP contribution in [0.15, 0.2) is 94.5 Å². The molecule has 0 radical (unpaired) electrons. The van der Waals surface area contributed by atoms with Crippen LogP contribution in [0.4, 0.5) is 23.0 Å². The molecule has 170 valence electrons. The maximum Gasteiger partial charge on any atom is 0.442 e. The molecule has 0 spiro atoms. The zero-order valence-electron chi connectivity index (χ0n) is 17.2. The van der Waals surface area contributed by atoms with Crippen LogP contribution in [0.25, 0.3) is 5.95 Å². The number of nitrogens with one attached hydrogen (secondary N) is 1. The number of azo groups is 1. The van der Waals surface area contributed by atoms with Crippen molar-refractivity contribution < 1.29 is 27.4 Å². The highest BCUT2D eigenvalue weighted by Crippen LogP contribution is 2.22. The summed E-state index contributed by atoms with van der Waals surface area (Å²) in [6.07, 6.45) is 4.33. The lowest BCUT2D eigenvalue weighted by Gasteiger charge is -2.03.